The molecule has 0 unspecified atom stereocenters. The smallest absolute Gasteiger partial charge is 0.135 e. The highest BCUT2D eigenvalue weighted by Crippen LogP contribution is 2.51. The summed E-state index contributed by atoms with van der Waals surface area (Å²) in [6.07, 6.45) is 7.22. The fraction of sp³-hybridized carbons (Fsp3) is 0.600. The molecule has 2 atom stereocenters. The van der Waals surface area contributed by atoms with Crippen LogP contribution in [0.3, 0.4) is 0 Å². The summed E-state index contributed by atoms with van der Waals surface area (Å²) in [5, 5.41) is 0. The van der Waals surface area contributed by atoms with Gasteiger partial charge in [0.25, 0.3) is 0 Å². The number of piperidine rings is 1. The topological polar surface area (TPSA) is 12.5 Å². The van der Waals surface area contributed by atoms with Gasteiger partial charge in [-0.1, -0.05) is 30.3 Å². The van der Waals surface area contributed by atoms with E-state index in [9.17, 15) is 0 Å². The lowest BCUT2D eigenvalue weighted by molar-refractivity contribution is 0.000668. The number of fused-ring (bicyclic) bond motifs is 1. The van der Waals surface area contributed by atoms with Crippen molar-refractivity contribution in [2.75, 3.05) is 25.7 Å². The van der Waals surface area contributed by atoms with E-state index in [1.54, 1.807) is 0 Å². The first-order chi connectivity index (χ1) is 9.30. The standard InChI is InChI=1S/C15H21NOS2/c1-18-15(19-2)9-6-10-16-13(11-17-14(15)16)12-7-4-3-5-8-12/h3-5,7-8,13-14H,6,9-11H2,1-2H3/t13-,14+/m0/s1. The largest absolute Gasteiger partial charge is 0.359 e. The maximum Gasteiger partial charge on any atom is 0.135 e. The van der Waals surface area contributed by atoms with Crippen molar-refractivity contribution in [1.82, 2.24) is 4.90 Å². The minimum absolute atomic E-state index is 0.210. The first-order valence-electron chi connectivity index (χ1n) is 6.83. The number of ether oxygens (including phenoxy) is 1. The molecular formula is C15H21NOS2. The quantitative estimate of drug-likeness (QED) is 0.790. The molecule has 0 spiro atoms. The molecule has 0 aliphatic carbocycles. The van der Waals surface area contributed by atoms with Crippen LogP contribution in [0, 0.1) is 0 Å². The van der Waals surface area contributed by atoms with E-state index in [-0.39, 0.29) is 10.3 Å². The van der Waals surface area contributed by atoms with Crippen LogP contribution in [-0.4, -0.2) is 40.9 Å². The van der Waals surface area contributed by atoms with Gasteiger partial charge < -0.3 is 4.74 Å². The highest BCUT2D eigenvalue weighted by atomic mass is 32.2. The number of benzene rings is 1. The van der Waals surface area contributed by atoms with Crippen LogP contribution in [0.1, 0.15) is 24.4 Å². The fourth-order valence-electron chi connectivity index (χ4n) is 3.27. The Labute approximate surface area is 124 Å². The van der Waals surface area contributed by atoms with Crippen molar-refractivity contribution in [2.24, 2.45) is 0 Å². The lowest BCUT2D eigenvalue weighted by atomic mass is 10.0. The molecule has 0 aromatic heterocycles. The van der Waals surface area contributed by atoms with Crippen LogP contribution < -0.4 is 0 Å². The average molecular weight is 295 g/mol. The SMILES string of the molecule is CSC1(SC)CCCN2[C@H](c3ccccc3)CO[C@@H]21. The minimum atomic E-state index is 0.210. The highest BCUT2D eigenvalue weighted by molar-refractivity contribution is 8.17. The van der Waals surface area contributed by atoms with E-state index in [2.05, 4.69) is 47.7 Å². The van der Waals surface area contributed by atoms with Gasteiger partial charge in [-0.15, -0.1) is 23.5 Å². The maximum absolute atomic E-state index is 6.21. The molecule has 2 saturated heterocycles. The molecule has 2 heterocycles. The second kappa shape index (κ2) is 5.68. The molecule has 2 fully saturated rings. The van der Waals surface area contributed by atoms with E-state index in [0.717, 1.165) is 13.2 Å². The van der Waals surface area contributed by atoms with Crippen LogP contribution in [0.15, 0.2) is 30.3 Å². The average Bonchev–Trinajstić information content (AvgIpc) is 2.92. The van der Waals surface area contributed by atoms with Gasteiger partial charge in [-0.25, -0.2) is 0 Å². The number of rotatable bonds is 3. The molecule has 3 rings (SSSR count). The van der Waals surface area contributed by atoms with E-state index >= 15 is 0 Å². The van der Waals surface area contributed by atoms with Gasteiger partial charge >= 0.3 is 0 Å². The zero-order valence-electron chi connectivity index (χ0n) is 11.5. The van der Waals surface area contributed by atoms with Crippen LogP contribution in [0.4, 0.5) is 0 Å². The summed E-state index contributed by atoms with van der Waals surface area (Å²) in [5.41, 5.74) is 1.39. The van der Waals surface area contributed by atoms with Crippen molar-refractivity contribution in [3.8, 4) is 0 Å². The summed E-state index contributed by atoms with van der Waals surface area (Å²) in [6, 6.07) is 11.2. The van der Waals surface area contributed by atoms with Gasteiger partial charge in [-0.2, -0.15) is 0 Å². The number of nitrogens with zero attached hydrogens (tertiary/aromatic N) is 1. The van der Waals surface area contributed by atoms with Gasteiger partial charge in [0, 0.05) is 6.54 Å². The molecule has 0 saturated carbocycles. The summed E-state index contributed by atoms with van der Waals surface area (Å²) in [6.45, 7) is 1.99. The molecule has 2 nitrogen and oxygen atoms in total. The van der Waals surface area contributed by atoms with Gasteiger partial charge in [0.05, 0.1) is 12.6 Å². The molecule has 0 N–H and O–H groups in total. The molecule has 104 valence electrons. The van der Waals surface area contributed by atoms with Crippen molar-refractivity contribution in [2.45, 2.75) is 29.2 Å². The Bertz CT molecular complexity index is 421. The predicted octanol–water partition coefficient (Wildman–Crippen LogP) is 3.60. The Balaban J connectivity index is 1.86. The number of hydrogen-bond donors (Lipinski definition) is 0. The van der Waals surface area contributed by atoms with Crippen LogP contribution in [0.5, 0.6) is 0 Å². The van der Waals surface area contributed by atoms with E-state index in [0.29, 0.717) is 6.04 Å². The zero-order valence-corrected chi connectivity index (χ0v) is 13.2. The summed E-state index contributed by atoms with van der Waals surface area (Å²) >= 11 is 3.93. The van der Waals surface area contributed by atoms with Crippen LogP contribution in [-0.2, 0) is 4.74 Å². The normalized spacial score (nSPS) is 30.2. The van der Waals surface area contributed by atoms with Gasteiger partial charge in [-0.3, -0.25) is 4.90 Å². The highest BCUT2D eigenvalue weighted by Gasteiger charge is 2.50. The predicted molar refractivity (Wildman–Crippen MR) is 84.6 cm³/mol. The Morgan fingerprint density at radius 2 is 1.95 bits per heavy atom. The molecule has 19 heavy (non-hydrogen) atoms. The summed E-state index contributed by atoms with van der Waals surface area (Å²) in [4.78, 5) is 2.58. The molecule has 0 radical (unpaired) electrons. The molecule has 0 amide bonds. The van der Waals surface area contributed by atoms with Crippen molar-refractivity contribution in [3.05, 3.63) is 35.9 Å². The second-order valence-electron chi connectivity index (χ2n) is 5.17. The van der Waals surface area contributed by atoms with Crippen molar-refractivity contribution in [1.29, 1.82) is 0 Å². The Hall–Kier alpha value is -0.160. The van der Waals surface area contributed by atoms with E-state index in [4.69, 9.17) is 4.74 Å². The lowest BCUT2D eigenvalue weighted by Crippen LogP contribution is -2.50. The number of hydrogen-bond acceptors (Lipinski definition) is 4. The lowest BCUT2D eigenvalue weighted by Gasteiger charge is -2.45. The molecular weight excluding hydrogens is 274 g/mol. The van der Waals surface area contributed by atoms with Crippen LogP contribution in [0.25, 0.3) is 0 Å². The molecule has 0 bridgehead atoms. The third-order valence-corrected chi connectivity index (χ3v) is 7.50. The fourth-order valence-corrected chi connectivity index (χ4v) is 5.45. The van der Waals surface area contributed by atoms with Crippen molar-refractivity contribution < 1.29 is 4.74 Å². The van der Waals surface area contributed by atoms with Crippen molar-refractivity contribution >= 4 is 23.5 Å². The summed E-state index contributed by atoms with van der Waals surface area (Å²) in [5.74, 6) is 0. The third kappa shape index (κ3) is 2.33. The van der Waals surface area contributed by atoms with Crippen molar-refractivity contribution in [3.63, 3.8) is 0 Å². The van der Waals surface area contributed by atoms with E-state index in [1.165, 1.54) is 18.4 Å². The second-order valence-corrected chi connectivity index (χ2v) is 7.71. The van der Waals surface area contributed by atoms with Gasteiger partial charge in [0.1, 0.15) is 10.3 Å². The number of thioether (sulfide) groups is 2. The van der Waals surface area contributed by atoms with Gasteiger partial charge in [-0.05, 0) is 30.9 Å². The van der Waals surface area contributed by atoms with E-state index < -0.39 is 0 Å². The molecule has 1 aromatic rings. The summed E-state index contributed by atoms with van der Waals surface area (Å²) < 4.78 is 6.42. The molecule has 1 aromatic carbocycles. The minimum Gasteiger partial charge on any atom is -0.359 e. The van der Waals surface area contributed by atoms with Crippen LogP contribution in [0.2, 0.25) is 0 Å². The van der Waals surface area contributed by atoms with Gasteiger partial charge in [0.15, 0.2) is 0 Å². The Morgan fingerprint density at radius 3 is 2.63 bits per heavy atom. The first kappa shape index (κ1) is 13.8. The Morgan fingerprint density at radius 1 is 1.21 bits per heavy atom. The Kier molecular flexibility index (Phi) is 4.13. The van der Waals surface area contributed by atoms with Gasteiger partial charge in [0.2, 0.25) is 0 Å². The molecule has 2 aliphatic rings. The van der Waals surface area contributed by atoms with E-state index in [1.807, 2.05) is 23.5 Å². The van der Waals surface area contributed by atoms with Crippen LogP contribution >= 0.6 is 23.5 Å². The third-order valence-electron chi connectivity index (χ3n) is 4.31. The summed E-state index contributed by atoms with van der Waals surface area (Å²) in [7, 11) is 0. The molecule has 4 heteroatoms. The monoisotopic (exact) mass is 295 g/mol. The first-order valence-corrected chi connectivity index (χ1v) is 9.28. The maximum atomic E-state index is 6.21. The molecule has 2 aliphatic heterocycles. The zero-order chi connectivity index (χ0) is 13.3.